The smallest absolute Gasteiger partial charge is 0.255 e. The maximum atomic E-state index is 12.6. The molecule has 25 heavy (non-hydrogen) atoms. The van der Waals surface area contributed by atoms with Crippen molar-refractivity contribution in [2.75, 3.05) is 20.1 Å². The molecule has 1 aromatic carbocycles. The number of amides is 2. The van der Waals surface area contributed by atoms with Gasteiger partial charge in [-0.05, 0) is 41.4 Å². The number of halogens is 1. The zero-order valence-corrected chi connectivity index (χ0v) is 16.4. The number of carbonyl (C=O) groups excluding carboxylic acids is 2. The number of likely N-dealkylation sites (N-methyl/N-ethyl adjacent to an activating group) is 1. The van der Waals surface area contributed by atoms with Crippen LogP contribution >= 0.6 is 34.7 Å². The molecule has 132 valence electrons. The second-order valence-corrected chi connectivity index (χ2v) is 8.54. The Morgan fingerprint density at radius 2 is 2.08 bits per heavy atom. The summed E-state index contributed by atoms with van der Waals surface area (Å²) in [7, 11) is 1.74. The Morgan fingerprint density at radius 3 is 2.76 bits per heavy atom. The van der Waals surface area contributed by atoms with Crippen molar-refractivity contribution < 1.29 is 9.59 Å². The average Bonchev–Trinajstić information content (AvgIpc) is 3.22. The van der Waals surface area contributed by atoms with Crippen LogP contribution in [-0.2, 0) is 4.79 Å². The SMILES string of the molecule is CC1SC(c2ccsc2)N(CCN(C)C(=O)c2ccccc2Cl)C1=O. The van der Waals surface area contributed by atoms with Crippen LogP contribution in [0.4, 0.5) is 0 Å². The minimum absolute atomic E-state index is 0.0255. The first-order chi connectivity index (χ1) is 12.0. The predicted molar refractivity (Wildman–Crippen MR) is 104 cm³/mol. The van der Waals surface area contributed by atoms with E-state index in [0.717, 1.165) is 5.56 Å². The van der Waals surface area contributed by atoms with E-state index in [-0.39, 0.29) is 22.4 Å². The van der Waals surface area contributed by atoms with Crippen LogP contribution < -0.4 is 0 Å². The molecule has 0 N–H and O–H groups in total. The third-order valence-corrected chi connectivity index (χ3v) is 6.63. The summed E-state index contributed by atoms with van der Waals surface area (Å²) in [6.07, 6.45) is 0. The first-order valence-corrected chi connectivity index (χ1v) is 10.2. The molecule has 1 aliphatic rings. The van der Waals surface area contributed by atoms with Crippen molar-refractivity contribution in [2.24, 2.45) is 0 Å². The maximum absolute atomic E-state index is 12.6. The fraction of sp³-hybridized carbons (Fsp3) is 0.333. The van der Waals surface area contributed by atoms with Gasteiger partial charge >= 0.3 is 0 Å². The molecule has 2 unspecified atom stereocenters. The van der Waals surface area contributed by atoms with Gasteiger partial charge in [-0.2, -0.15) is 11.3 Å². The Kier molecular flexibility index (Phi) is 5.71. The lowest BCUT2D eigenvalue weighted by atomic mass is 10.2. The molecule has 1 aromatic heterocycles. The Bertz CT molecular complexity index is 766. The number of rotatable bonds is 5. The van der Waals surface area contributed by atoms with Gasteiger partial charge in [-0.25, -0.2) is 0 Å². The Balaban J connectivity index is 1.68. The molecule has 2 aromatic rings. The van der Waals surface area contributed by atoms with Gasteiger partial charge in [0.2, 0.25) is 5.91 Å². The van der Waals surface area contributed by atoms with Gasteiger partial charge in [0.1, 0.15) is 5.37 Å². The molecule has 1 fully saturated rings. The van der Waals surface area contributed by atoms with E-state index in [2.05, 4.69) is 11.4 Å². The summed E-state index contributed by atoms with van der Waals surface area (Å²) in [5.41, 5.74) is 1.63. The summed E-state index contributed by atoms with van der Waals surface area (Å²) in [6.45, 7) is 2.90. The molecular formula is C18H19ClN2O2S2. The fourth-order valence-electron chi connectivity index (χ4n) is 2.78. The van der Waals surface area contributed by atoms with Gasteiger partial charge in [-0.1, -0.05) is 23.7 Å². The van der Waals surface area contributed by atoms with E-state index < -0.39 is 0 Å². The summed E-state index contributed by atoms with van der Waals surface area (Å²) in [6, 6.07) is 9.07. The number of hydrogen-bond donors (Lipinski definition) is 0. The first kappa shape index (κ1) is 18.3. The van der Waals surface area contributed by atoms with Crippen LogP contribution in [0.3, 0.4) is 0 Å². The van der Waals surface area contributed by atoms with Crippen LogP contribution in [0, 0.1) is 0 Å². The van der Waals surface area contributed by atoms with Gasteiger partial charge in [0.15, 0.2) is 0 Å². The molecule has 2 heterocycles. The molecule has 3 rings (SSSR count). The largest absolute Gasteiger partial charge is 0.340 e. The highest BCUT2D eigenvalue weighted by atomic mass is 35.5. The Labute approximate surface area is 160 Å². The molecule has 0 aliphatic carbocycles. The molecular weight excluding hydrogens is 376 g/mol. The molecule has 0 radical (unpaired) electrons. The van der Waals surface area contributed by atoms with Crippen molar-refractivity contribution in [1.29, 1.82) is 0 Å². The van der Waals surface area contributed by atoms with Gasteiger partial charge < -0.3 is 9.80 Å². The van der Waals surface area contributed by atoms with Crippen molar-refractivity contribution >= 4 is 46.5 Å². The summed E-state index contributed by atoms with van der Waals surface area (Å²) in [4.78, 5) is 28.5. The van der Waals surface area contributed by atoms with Crippen molar-refractivity contribution in [3.8, 4) is 0 Å². The second kappa shape index (κ2) is 7.81. The summed E-state index contributed by atoms with van der Waals surface area (Å²) in [5, 5.41) is 4.51. The normalized spacial score (nSPS) is 20.1. The van der Waals surface area contributed by atoms with E-state index in [9.17, 15) is 9.59 Å². The van der Waals surface area contributed by atoms with Crippen LogP contribution in [0.5, 0.6) is 0 Å². The van der Waals surface area contributed by atoms with Gasteiger partial charge in [-0.3, -0.25) is 9.59 Å². The Morgan fingerprint density at radius 1 is 1.32 bits per heavy atom. The molecule has 2 amide bonds. The molecule has 2 atom stereocenters. The standard InChI is InChI=1S/C18H19ClN2O2S2/c1-12-16(22)21(18(25-12)13-7-10-24-11-13)9-8-20(2)17(23)14-5-3-4-6-15(14)19/h3-7,10-12,18H,8-9H2,1-2H3. The zero-order chi connectivity index (χ0) is 18.0. The molecule has 1 saturated heterocycles. The van der Waals surface area contributed by atoms with E-state index in [1.807, 2.05) is 17.2 Å². The maximum Gasteiger partial charge on any atom is 0.255 e. The lowest BCUT2D eigenvalue weighted by Gasteiger charge is -2.26. The van der Waals surface area contributed by atoms with Crippen molar-refractivity contribution in [2.45, 2.75) is 17.5 Å². The van der Waals surface area contributed by atoms with E-state index >= 15 is 0 Å². The van der Waals surface area contributed by atoms with Crippen molar-refractivity contribution in [1.82, 2.24) is 9.80 Å². The molecule has 7 heteroatoms. The minimum Gasteiger partial charge on any atom is -0.340 e. The lowest BCUT2D eigenvalue weighted by Crippen LogP contribution is -2.39. The number of carbonyl (C=O) groups is 2. The quantitative estimate of drug-likeness (QED) is 0.765. The van der Waals surface area contributed by atoms with E-state index in [1.165, 1.54) is 0 Å². The van der Waals surface area contributed by atoms with Crippen molar-refractivity contribution in [3.05, 3.63) is 57.2 Å². The van der Waals surface area contributed by atoms with Gasteiger partial charge in [0.05, 0.1) is 15.8 Å². The zero-order valence-electron chi connectivity index (χ0n) is 14.0. The van der Waals surface area contributed by atoms with Crippen LogP contribution in [0.2, 0.25) is 5.02 Å². The topological polar surface area (TPSA) is 40.6 Å². The van der Waals surface area contributed by atoms with Crippen molar-refractivity contribution in [3.63, 3.8) is 0 Å². The highest BCUT2D eigenvalue weighted by Crippen LogP contribution is 2.43. The van der Waals surface area contributed by atoms with Gasteiger partial charge in [0.25, 0.3) is 5.91 Å². The monoisotopic (exact) mass is 394 g/mol. The average molecular weight is 395 g/mol. The molecule has 0 saturated carbocycles. The molecule has 0 spiro atoms. The summed E-state index contributed by atoms with van der Waals surface area (Å²) < 4.78 is 0. The number of thiophene rings is 1. The molecule has 0 bridgehead atoms. The number of thioether (sulfide) groups is 1. The Hall–Kier alpha value is -1.50. The summed E-state index contributed by atoms with van der Waals surface area (Å²) >= 11 is 9.39. The summed E-state index contributed by atoms with van der Waals surface area (Å²) in [5.74, 6) is -0.00942. The third kappa shape index (κ3) is 3.86. The third-order valence-electron chi connectivity index (χ3n) is 4.20. The highest BCUT2D eigenvalue weighted by molar-refractivity contribution is 8.01. The minimum atomic E-state index is -0.134. The number of nitrogens with zero attached hydrogens (tertiary/aromatic N) is 2. The van der Waals surface area contributed by atoms with Crippen LogP contribution in [0.15, 0.2) is 41.1 Å². The van der Waals surface area contributed by atoms with Gasteiger partial charge in [-0.15, -0.1) is 11.8 Å². The van der Waals surface area contributed by atoms with Crippen LogP contribution in [-0.4, -0.2) is 47.0 Å². The van der Waals surface area contributed by atoms with E-state index in [1.54, 1.807) is 59.3 Å². The first-order valence-electron chi connectivity index (χ1n) is 7.97. The highest BCUT2D eigenvalue weighted by Gasteiger charge is 2.38. The number of hydrogen-bond acceptors (Lipinski definition) is 4. The van der Waals surface area contributed by atoms with Gasteiger partial charge in [0, 0.05) is 20.1 Å². The molecule has 4 nitrogen and oxygen atoms in total. The van der Waals surface area contributed by atoms with E-state index in [4.69, 9.17) is 11.6 Å². The van der Waals surface area contributed by atoms with Crippen LogP contribution in [0.1, 0.15) is 28.2 Å². The van der Waals surface area contributed by atoms with E-state index in [0.29, 0.717) is 23.7 Å². The number of benzene rings is 1. The van der Waals surface area contributed by atoms with Crippen LogP contribution in [0.25, 0.3) is 0 Å². The second-order valence-electron chi connectivity index (χ2n) is 5.93. The molecule has 1 aliphatic heterocycles. The predicted octanol–water partition coefficient (Wildman–Crippen LogP) is 4.14. The fourth-order valence-corrected chi connectivity index (χ4v) is 5.06. The lowest BCUT2D eigenvalue weighted by molar-refractivity contribution is -0.129.